The zero-order valence-electron chi connectivity index (χ0n) is 18.9. The predicted octanol–water partition coefficient (Wildman–Crippen LogP) is 6.59. The normalized spacial score (nSPS) is 14.0. The predicted molar refractivity (Wildman–Crippen MR) is 127 cm³/mol. The second-order valence-electron chi connectivity index (χ2n) is 8.14. The van der Waals surface area contributed by atoms with Crippen molar-refractivity contribution in [3.8, 4) is 5.75 Å². The number of hydrogen-bond donors (Lipinski definition) is 0. The minimum absolute atomic E-state index is 0.108. The molecule has 0 spiro atoms. The summed E-state index contributed by atoms with van der Waals surface area (Å²) in [5.74, 6) is 1.26. The molecule has 3 aromatic rings. The highest BCUT2D eigenvalue weighted by molar-refractivity contribution is 5.86. The van der Waals surface area contributed by atoms with E-state index in [0.717, 1.165) is 34.3 Å². The highest BCUT2D eigenvalue weighted by Crippen LogP contribution is 2.30. The van der Waals surface area contributed by atoms with Crippen LogP contribution in [0.15, 0.2) is 79.0 Å². The van der Waals surface area contributed by atoms with Gasteiger partial charge in [0, 0.05) is 30.0 Å². The third-order valence-electron chi connectivity index (χ3n) is 5.09. The zero-order valence-corrected chi connectivity index (χ0v) is 18.9. The number of anilines is 1. The number of nitrogens with zero attached hydrogens (tertiary/aromatic N) is 3. The first-order chi connectivity index (χ1) is 15.9. The van der Waals surface area contributed by atoms with Crippen molar-refractivity contribution in [2.75, 3.05) is 11.5 Å². The summed E-state index contributed by atoms with van der Waals surface area (Å²) in [4.78, 5) is 1.90. The Bertz CT molecular complexity index is 1190. The van der Waals surface area contributed by atoms with Gasteiger partial charge >= 0.3 is 6.61 Å². The molecule has 1 aliphatic rings. The summed E-state index contributed by atoms with van der Waals surface area (Å²) < 4.78 is 37.4. The van der Waals surface area contributed by atoms with Crippen LogP contribution in [0.1, 0.15) is 26.3 Å². The van der Waals surface area contributed by atoms with Crippen LogP contribution in [-0.2, 0) is 11.3 Å². The van der Waals surface area contributed by atoms with Crippen LogP contribution in [0.25, 0.3) is 16.5 Å². The Morgan fingerprint density at radius 1 is 1.06 bits per heavy atom. The molecule has 0 bridgehead atoms. The molecule has 33 heavy (non-hydrogen) atoms. The van der Waals surface area contributed by atoms with Gasteiger partial charge in [0.05, 0.1) is 12.1 Å². The van der Waals surface area contributed by atoms with Crippen LogP contribution in [0.2, 0.25) is 0 Å². The fraction of sp³-hybridized carbons (Fsp3) is 0.269. The van der Waals surface area contributed by atoms with Gasteiger partial charge in [-0.3, -0.25) is 9.58 Å². The number of rotatable bonds is 8. The highest BCUT2D eigenvalue weighted by Gasteiger charge is 2.16. The van der Waals surface area contributed by atoms with E-state index in [-0.39, 0.29) is 5.75 Å². The second-order valence-corrected chi connectivity index (χ2v) is 8.14. The zero-order chi connectivity index (χ0) is 23.4. The molecular formula is C26H27F2N3O2. The Morgan fingerprint density at radius 2 is 1.85 bits per heavy atom. The molecule has 0 amide bonds. The fourth-order valence-electron chi connectivity index (χ4n) is 3.71. The molecule has 2 heterocycles. The lowest BCUT2D eigenvalue weighted by Crippen LogP contribution is -2.18. The molecule has 0 saturated heterocycles. The van der Waals surface area contributed by atoms with E-state index in [1.165, 1.54) is 12.1 Å². The van der Waals surface area contributed by atoms with Crippen LogP contribution in [0.5, 0.6) is 5.75 Å². The van der Waals surface area contributed by atoms with E-state index < -0.39 is 6.61 Å². The summed E-state index contributed by atoms with van der Waals surface area (Å²) in [5.41, 5.74) is 3.74. The van der Waals surface area contributed by atoms with Gasteiger partial charge in [0.1, 0.15) is 5.75 Å². The number of halogens is 2. The number of alkyl halides is 2. The van der Waals surface area contributed by atoms with Gasteiger partial charge in [-0.05, 0) is 66.5 Å². The summed E-state index contributed by atoms with van der Waals surface area (Å²) in [5, 5.41) is 5.73. The van der Waals surface area contributed by atoms with Crippen molar-refractivity contribution >= 4 is 22.2 Å². The van der Waals surface area contributed by atoms with Gasteiger partial charge in [-0.15, -0.1) is 0 Å². The quantitative estimate of drug-likeness (QED) is 0.387. The lowest BCUT2D eigenvalue weighted by Gasteiger charge is -2.24. The minimum atomic E-state index is -2.86. The van der Waals surface area contributed by atoms with Crippen LogP contribution < -0.4 is 9.64 Å². The standard InChI is InChI=1S/C26H27F2N3O2/c1-4-32-25-7-5-6-20(17-31(25)22-9-11-23(12-10-22)33-26(27)28)19-8-13-24-21(14-19)16-30(29-24)15-18(2)3/h5-14,16-18,26H,4,15H2,1-3H3. The Labute approximate surface area is 192 Å². The molecule has 2 aromatic carbocycles. The topological polar surface area (TPSA) is 39.5 Å². The van der Waals surface area contributed by atoms with E-state index in [2.05, 4.69) is 42.0 Å². The van der Waals surface area contributed by atoms with E-state index in [0.29, 0.717) is 18.4 Å². The number of ether oxygens (including phenoxy) is 2. The number of fused-ring (bicyclic) bond motifs is 1. The van der Waals surface area contributed by atoms with Gasteiger partial charge in [-0.25, -0.2) is 0 Å². The van der Waals surface area contributed by atoms with Crippen LogP contribution in [0, 0.1) is 5.92 Å². The van der Waals surface area contributed by atoms with Crippen molar-refractivity contribution in [3.05, 3.63) is 84.5 Å². The lowest BCUT2D eigenvalue weighted by atomic mass is 10.0. The number of hydrogen-bond acceptors (Lipinski definition) is 4. The first-order valence-corrected chi connectivity index (χ1v) is 11.0. The maximum absolute atomic E-state index is 12.5. The van der Waals surface area contributed by atoms with E-state index in [1.54, 1.807) is 12.1 Å². The number of aromatic nitrogens is 2. The van der Waals surface area contributed by atoms with Crippen LogP contribution in [0.3, 0.4) is 0 Å². The van der Waals surface area contributed by atoms with Gasteiger partial charge in [0.25, 0.3) is 0 Å². The molecule has 0 atom stereocenters. The molecule has 5 nitrogen and oxygen atoms in total. The van der Waals surface area contributed by atoms with Gasteiger partial charge in [0.15, 0.2) is 5.88 Å². The molecular weight excluding hydrogens is 424 g/mol. The highest BCUT2D eigenvalue weighted by atomic mass is 19.3. The van der Waals surface area contributed by atoms with E-state index in [9.17, 15) is 8.78 Å². The van der Waals surface area contributed by atoms with Crippen molar-refractivity contribution in [1.29, 1.82) is 0 Å². The fourth-order valence-corrected chi connectivity index (χ4v) is 3.71. The maximum Gasteiger partial charge on any atom is 0.387 e. The van der Waals surface area contributed by atoms with E-state index >= 15 is 0 Å². The van der Waals surface area contributed by atoms with Crippen molar-refractivity contribution in [1.82, 2.24) is 9.78 Å². The average Bonchev–Trinajstić information content (AvgIpc) is 3.04. The van der Waals surface area contributed by atoms with E-state index in [4.69, 9.17) is 4.74 Å². The molecule has 7 heteroatoms. The maximum atomic E-state index is 12.5. The van der Waals surface area contributed by atoms with Gasteiger partial charge < -0.3 is 9.47 Å². The van der Waals surface area contributed by atoms with Crippen LogP contribution in [0.4, 0.5) is 14.5 Å². The Hall–Kier alpha value is -3.61. The molecule has 172 valence electrons. The third kappa shape index (κ3) is 5.42. The van der Waals surface area contributed by atoms with Crippen molar-refractivity contribution in [2.45, 2.75) is 33.9 Å². The van der Waals surface area contributed by atoms with Crippen molar-refractivity contribution in [2.24, 2.45) is 5.92 Å². The Morgan fingerprint density at radius 3 is 2.55 bits per heavy atom. The molecule has 0 radical (unpaired) electrons. The molecule has 1 aromatic heterocycles. The molecule has 0 fully saturated rings. The summed E-state index contributed by atoms with van der Waals surface area (Å²) in [6.45, 7) is 4.76. The van der Waals surface area contributed by atoms with Crippen LogP contribution >= 0.6 is 0 Å². The smallest absolute Gasteiger partial charge is 0.387 e. The summed E-state index contributed by atoms with van der Waals surface area (Å²) in [7, 11) is 0. The largest absolute Gasteiger partial charge is 0.479 e. The lowest BCUT2D eigenvalue weighted by molar-refractivity contribution is -0.0498. The Kier molecular flexibility index (Phi) is 6.77. The second kappa shape index (κ2) is 9.90. The summed E-state index contributed by atoms with van der Waals surface area (Å²) >= 11 is 0. The molecule has 0 aliphatic carbocycles. The molecule has 0 N–H and O–H groups in total. The number of benzene rings is 2. The van der Waals surface area contributed by atoms with Crippen molar-refractivity contribution in [3.63, 3.8) is 0 Å². The number of allylic oxidation sites excluding steroid dienone is 4. The molecule has 1 aliphatic heterocycles. The molecule has 0 unspecified atom stereocenters. The van der Waals surface area contributed by atoms with Gasteiger partial charge in [0.2, 0.25) is 0 Å². The SMILES string of the molecule is CCOC1=CC=CC(c2ccc3nn(CC(C)C)cc3c2)=CN1c1ccc(OC(F)F)cc1. The molecule has 0 saturated carbocycles. The van der Waals surface area contributed by atoms with E-state index in [1.807, 2.05) is 47.0 Å². The Balaban J connectivity index is 1.69. The minimum Gasteiger partial charge on any atom is -0.479 e. The van der Waals surface area contributed by atoms with Gasteiger partial charge in [-0.1, -0.05) is 32.1 Å². The van der Waals surface area contributed by atoms with Crippen molar-refractivity contribution < 1.29 is 18.3 Å². The van der Waals surface area contributed by atoms with Crippen LogP contribution in [-0.4, -0.2) is 23.0 Å². The summed E-state index contributed by atoms with van der Waals surface area (Å²) in [6.07, 6.45) is 9.90. The third-order valence-corrected chi connectivity index (χ3v) is 5.09. The monoisotopic (exact) mass is 451 g/mol. The molecule has 4 rings (SSSR count). The van der Waals surface area contributed by atoms with Gasteiger partial charge in [-0.2, -0.15) is 13.9 Å². The summed E-state index contributed by atoms with van der Waals surface area (Å²) in [6, 6.07) is 12.7. The first-order valence-electron chi connectivity index (χ1n) is 11.0. The average molecular weight is 452 g/mol. The first kappa shape index (κ1) is 22.6.